The van der Waals surface area contributed by atoms with Crippen LogP contribution in [-0.2, 0) is 25.7 Å². The molecule has 136 valence electrons. The molecule has 4 atom stereocenters. The number of benzene rings is 1. The molecule has 2 bridgehead atoms. The highest BCUT2D eigenvalue weighted by molar-refractivity contribution is 5.95. The lowest BCUT2D eigenvalue weighted by atomic mass is 9.72. The largest absolute Gasteiger partial charge is 0.368 e. The van der Waals surface area contributed by atoms with Gasteiger partial charge in [0.15, 0.2) is 0 Å². The first-order valence-corrected chi connectivity index (χ1v) is 8.64. The van der Waals surface area contributed by atoms with Crippen LogP contribution in [0, 0.1) is 11.8 Å². The summed E-state index contributed by atoms with van der Waals surface area (Å²) in [5, 5.41) is 2.92. The van der Waals surface area contributed by atoms with Gasteiger partial charge in [-0.25, -0.2) is 0 Å². The summed E-state index contributed by atoms with van der Waals surface area (Å²) in [5.74, 6) is -2.32. The number of fused-ring (bicyclic) bond motifs is 1. The number of amides is 3. The first-order chi connectivity index (χ1) is 12.3. The van der Waals surface area contributed by atoms with Crippen molar-refractivity contribution in [1.82, 2.24) is 10.2 Å². The maximum Gasteiger partial charge on any atom is 0.237 e. The summed E-state index contributed by atoms with van der Waals surface area (Å²) in [6.45, 7) is 2.29. The molecule has 2 fully saturated rings. The monoisotopic (exact) mass is 355 g/mol. The lowest BCUT2D eigenvalue weighted by Crippen LogP contribution is -2.48. The van der Waals surface area contributed by atoms with Gasteiger partial charge in [-0.2, -0.15) is 0 Å². The minimum Gasteiger partial charge on any atom is -0.368 e. The lowest BCUT2D eigenvalue weighted by molar-refractivity contribution is -0.140. The quantitative estimate of drug-likeness (QED) is 0.724. The van der Waals surface area contributed by atoms with Crippen LogP contribution in [0.1, 0.15) is 12.5 Å². The third-order valence-corrected chi connectivity index (χ3v) is 5.54. The Morgan fingerprint density at radius 2 is 2.04 bits per heavy atom. The highest BCUT2D eigenvalue weighted by Gasteiger charge is 2.71. The summed E-state index contributed by atoms with van der Waals surface area (Å²) >= 11 is 0. The van der Waals surface area contributed by atoms with Crippen LogP contribution in [0.15, 0.2) is 42.5 Å². The predicted molar refractivity (Wildman–Crippen MR) is 92.4 cm³/mol. The topological polar surface area (TPSA) is 102 Å². The summed E-state index contributed by atoms with van der Waals surface area (Å²) in [4.78, 5) is 38.4. The smallest absolute Gasteiger partial charge is 0.237 e. The van der Waals surface area contributed by atoms with Gasteiger partial charge < -0.3 is 20.7 Å². The summed E-state index contributed by atoms with van der Waals surface area (Å²) in [6, 6.07) is 9.58. The van der Waals surface area contributed by atoms with Crippen molar-refractivity contribution >= 4 is 17.7 Å². The molecule has 1 aromatic rings. The van der Waals surface area contributed by atoms with Crippen LogP contribution >= 0.6 is 0 Å². The molecule has 3 aliphatic rings. The van der Waals surface area contributed by atoms with Crippen molar-refractivity contribution in [3.8, 4) is 0 Å². The van der Waals surface area contributed by atoms with E-state index in [9.17, 15) is 14.4 Å². The Morgan fingerprint density at radius 1 is 1.31 bits per heavy atom. The number of carbonyl (C=O) groups is 3. The van der Waals surface area contributed by atoms with Crippen LogP contribution in [0.4, 0.5) is 0 Å². The fourth-order valence-corrected chi connectivity index (χ4v) is 4.47. The van der Waals surface area contributed by atoms with E-state index in [4.69, 9.17) is 10.5 Å². The molecule has 0 saturated carbocycles. The van der Waals surface area contributed by atoms with Gasteiger partial charge >= 0.3 is 0 Å². The average molecular weight is 355 g/mol. The number of carbonyl (C=O) groups excluding carboxylic acids is 3. The Kier molecular flexibility index (Phi) is 3.66. The normalized spacial score (nSPS) is 34.2. The number of nitrogens with one attached hydrogen (secondary N) is 1. The Labute approximate surface area is 151 Å². The zero-order chi connectivity index (χ0) is 18.5. The SMILES string of the molecule is C[C@@]12C=C[C@]3(CN(CC(N)=O)C(=O)[C@@H]3[C@@H]1C(=O)NCc1ccccc1)O2. The van der Waals surface area contributed by atoms with Gasteiger partial charge in [-0.15, -0.1) is 0 Å². The highest BCUT2D eigenvalue weighted by atomic mass is 16.5. The van der Waals surface area contributed by atoms with Crippen molar-refractivity contribution in [2.45, 2.75) is 24.7 Å². The van der Waals surface area contributed by atoms with E-state index in [-0.39, 0.29) is 24.9 Å². The minimum atomic E-state index is -0.851. The molecule has 4 rings (SSSR count). The molecule has 3 amide bonds. The molecule has 7 heteroatoms. The van der Waals surface area contributed by atoms with Gasteiger partial charge in [0.05, 0.1) is 30.5 Å². The van der Waals surface area contributed by atoms with Gasteiger partial charge in [0.2, 0.25) is 17.7 Å². The first kappa shape index (κ1) is 16.8. The molecule has 0 radical (unpaired) electrons. The molecule has 1 spiro atoms. The number of nitrogens with two attached hydrogens (primary N) is 1. The summed E-state index contributed by atoms with van der Waals surface area (Å²) in [7, 11) is 0. The van der Waals surface area contributed by atoms with E-state index in [0.29, 0.717) is 6.54 Å². The van der Waals surface area contributed by atoms with Gasteiger partial charge in [-0.05, 0) is 12.5 Å². The standard InChI is InChI=1S/C19H21N3O4/c1-18-7-8-19(26-18)11-22(10-13(20)23)17(25)15(19)14(18)16(24)21-9-12-5-3-2-4-6-12/h2-8,14-15H,9-11H2,1H3,(H2,20,23)(H,21,24)/t14-,15+,18-,19-/m1/s1. The van der Waals surface area contributed by atoms with Gasteiger partial charge in [-0.3, -0.25) is 14.4 Å². The molecule has 3 N–H and O–H groups in total. The van der Waals surface area contributed by atoms with E-state index in [0.717, 1.165) is 5.56 Å². The Hall–Kier alpha value is -2.67. The zero-order valence-electron chi connectivity index (χ0n) is 14.5. The molecule has 3 heterocycles. The van der Waals surface area contributed by atoms with Crippen LogP contribution in [0.2, 0.25) is 0 Å². The van der Waals surface area contributed by atoms with E-state index in [1.54, 1.807) is 0 Å². The number of rotatable bonds is 5. The van der Waals surface area contributed by atoms with Gasteiger partial charge in [0, 0.05) is 6.54 Å². The molecule has 0 aliphatic carbocycles. The summed E-state index contributed by atoms with van der Waals surface area (Å²) < 4.78 is 6.15. The average Bonchev–Trinajstić information content (AvgIpc) is 3.16. The fourth-order valence-electron chi connectivity index (χ4n) is 4.47. The van der Waals surface area contributed by atoms with Crippen LogP contribution < -0.4 is 11.1 Å². The summed E-state index contributed by atoms with van der Waals surface area (Å²) in [5.41, 5.74) is 4.55. The number of nitrogens with zero attached hydrogens (tertiary/aromatic N) is 1. The Balaban J connectivity index is 1.56. The second-order valence-electron chi connectivity index (χ2n) is 7.39. The van der Waals surface area contributed by atoms with Crippen molar-refractivity contribution < 1.29 is 19.1 Å². The van der Waals surface area contributed by atoms with E-state index >= 15 is 0 Å². The van der Waals surface area contributed by atoms with Gasteiger partial charge in [-0.1, -0.05) is 42.5 Å². The Morgan fingerprint density at radius 3 is 2.73 bits per heavy atom. The van der Waals surface area contributed by atoms with Crippen LogP contribution in [0.25, 0.3) is 0 Å². The van der Waals surface area contributed by atoms with Gasteiger partial charge in [0.1, 0.15) is 5.60 Å². The third kappa shape index (κ3) is 2.42. The van der Waals surface area contributed by atoms with E-state index in [1.165, 1.54) is 4.90 Å². The van der Waals surface area contributed by atoms with Crippen molar-refractivity contribution in [3.05, 3.63) is 48.0 Å². The van der Waals surface area contributed by atoms with E-state index < -0.39 is 28.9 Å². The van der Waals surface area contributed by atoms with Crippen LogP contribution in [0.5, 0.6) is 0 Å². The fraction of sp³-hybridized carbons (Fsp3) is 0.421. The molecule has 0 unspecified atom stereocenters. The number of likely N-dealkylation sites (tertiary alicyclic amines) is 1. The van der Waals surface area contributed by atoms with Crippen molar-refractivity contribution in [1.29, 1.82) is 0 Å². The van der Waals surface area contributed by atoms with Crippen LogP contribution in [-0.4, -0.2) is 46.9 Å². The second kappa shape index (κ2) is 5.67. The molecule has 26 heavy (non-hydrogen) atoms. The third-order valence-electron chi connectivity index (χ3n) is 5.54. The van der Waals surface area contributed by atoms with Crippen molar-refractivity contribution in [3.63, 3.8) is 0 Å². The predicted octanol–water partition coefficient (Wildman–Crippen LogP) is -0.0398. The Bertz CT molecular complexity index is 808. The minimum absolute atomic E-state index is 0.163. The molecular formula is C19H21N3O4. The van der Waals surface area contributed by atoms with Crippen molar-refractivity contribution in [2.24, 2.45) is 17.6 Å². The number of hydrogen-bond donors (Lipinski definition) is 2. The number of ether oxygens (including phenoxy) is 1. The molecular weight excluding hydrogens is 334 g/mol. The van der Waals surface area contributed by atoms with E-state index in [1.807, 2.05) is 49.4 Å². The molecule has 1 aromatic carbocycles. The summed E-state index contributed by atoms with van der Waals surface area (Å²) in [6.07, 6.45) is 3.72. The maximum absolute atomic E-state index is 12.9. The first-order valence-electron chi connectivity index (χ1n) is 8.64. The number of hydrogen-bond acceptors (Lipinski definition) is 4. The molecule has 2 saturated heterocycles. The molecule has 3 aliphatic heterocycles. The van der Waals surface area contributed by atoms with E-state index in [2.05, 4.69) is 5.32 Å². The van der Waals surface area contributed by atoms with Crippen molar-refractivity contribution in [2.75, 3.05) is 13.1 Å². The van der Waals surface area contributed by atoms with Crippen LogP contribution in [0.3, 0.4) is 0 Å². The van der Waals surface area contributed by atoms with Gasteiger partial charge in [0.25, 0.3) is 0 Å². The molecule has 7 nitrogen and oxygen atoms in total. The highest BCUT2D eigenvalue weighted by Crippen LogP contribution is 2.57. The lowest BCUT2D eigenvalue weighted by Gasteiger charge is -2.29. The second-order valence-corrected chi connectivity index (χ2v) is 7.39. The molecule has 0 aromatic heterocycles. The number of primary amides is 1. The zero-order valence-corrected chi connectivity index (χ0v) is 14.5. The maximum atomic E-state index is 12.9.